The van der Waals surface area contributed by atoms with Gasteiger partial charge in [0.05, 0.1) is 11.4 Å². The van der Waals surface area contributed by atoms with Gasteiger partial charge in [-0.15, -0.1) is 0 Å². The zero-order valence-corrected chi connectivity index (χ0v) is 23.2. The van der Waals surface area contributed by atoms with E-state index in [0.717, 1.165) is 6.42 Å². The highest BCUT2D eigenvalue weighted by molar-refractivity contribution is 9.10. The number of hydrogen-bond donors (Lipinski definition) is 3. The highest BCUT2D eigenvalue weighted by Crippen LogP contribution is 2.40. The lowest BCUT2D eigenvalue weighted by atomic mass is 9.76. The van der Waals surface area contributed by atoms with Gasteiger partial charge in [0.1, 0.15) is 22.7 Å². The molecule has 1 saturated carbocycles. The monoisotopic (exact) mass is 607 g/mol. The zero-order chi connectivity index (χ0) is 28.4. The van der Waals surface area contributed by atoms with Crippen LogP contribution in [-0.4, -0.2) is 28.3 Å². The van der Waals surface area contributed by atoms with Gasteiger partial charge in [0.25, 0.3) is 0 Å². The third-order valence-corrected chi connectivity index (χ3v) is 6.97. The number of benzene rings is 2. The smallest absolute Gasteiger partial charge is 0.408 e. The summed E-state index contributed by atoms with van der Waals surface area (Å²) in [6.45, 7) is 2.44. The van der Waals surface area contributed by atoms with Crippen LogP contribution in [0.5, 0.6) is 5.75 Å². The van der Waals surface area contributed by atoms with Crippen LogP contribution < -0.4 is 21.1 Å². The maximum atomic E-state index is 14.9. The van der Waals surface area contributed by atoms with Crippen molar-refractivity contribution in [3.05, 3.63) is 64.4 Å². The van der Waals surface area contributed by atoms with Gasteiger partial charge in [-0.2, -0.15) is 8.78 Å². The second-order valence-corrected chi connectivity index (χ2v) is 11.1. The number of carbonyl (C=O) groups is 1. The van der Waals surface area contributed by atoms with Gasteiger partial charge in [0.2, 0.25) is 0 Å². The highest BCUT2D eigenvalue weighted by atomic mass is 79.9. The number of rotatable bonds is 8. The molecule has 1 aliphatic rings. The predicted octanol–water partition coefficient (Wildman–Crippen LogP) is 6.74. The third-order valence-electron chi connectivity index (χ3n) is 6.22. The summed E-state index contributed by atoms with van der Waals surface area (Å²) in [5.74, 6) is -0.165. The van der Waals surface area contributed by atoms with Crippen molar-refractivity contribution in [2.75, 3.05) is 11.1 Å². The standard InChI is InChI=1S/C27H29BrF3N5O3/c1-26(2,3)39-25(37)36-27(8-5-9-27)23-34-12-15(13-35-23)16-10-21(20(32)11-19(16)29)33-14-17-18(28)6-4-7-22(17)38-24(30)31/h4,6-7,10-13,24,33H,5,8-9,14,32H2,1-3H3,(H,36,37). The molecule has 0 unspecified atom stereocenters. The molecule has 0 saturated heterocycles. The summed E-state index contributed by atoms with van der Waals surface area (Å²) in [7, 11) is 0. The number of nitrogens with one attached hydrogen (secondary N) is 2. The molecule has 2 aromatic carbocycles. The minimum Gasteiger partial charge on any atom is -0.444 e. The van der Waals surface area contributed by atoms with Gasteiger partial charge < -0.3 is 25.8 Å². The summed E-state index contributed by atoms with van der Waals surface area (Å²) < 4.78 is 51.2. The van der Waals surface area contributed by atoms with E-state index in [1.54, 1.807) is 32.9 Å². The number of nitrogens with zero attached hydrogens (tertiary/aromatic N) is 2. The van der Waals surface area contributed by atoms with Crippen LogP contribution in [0, 0.1) is 5.82 Å². The lowest BCUT2D eigenvalue weighted by molar-refractivity contribution is -0.0504. The maximum absolute atomic E-state index is 14.9. The molecular formula is C27H29BrF3N5O3. The van der Waals surface area contributed by atoms with Crippen molar-refractivity contribution < 1.29 is 27.4 Å². The number of anilines is 2. The Bertz CT molecular complexity index is 1350. The summed E-state index contributed by atoms with van der Waals surface area (Å²) in [5, 5.41) is 5.96. The van der Waals surface area contributed by atoms with Crippen molar-refractivity contribution in [3.8, 4) is 16.9 Å². The normalized spacial score (nSPS) is 14.5. The Labute approximate surface area is 232 Å². The van der Waals surface area contributed by atoms with Gasteiger partial charge in [-0.3, -0.25) is 0 Å². The van der Waals surface area contributed by atoms with E-state index < -0.39 is 29.7 Å². The van der Waals surface area contributed by atoms with Crippen LogP contribution in [0.2, 0.25) is 0 Å². The van der Waals surface area contributed by atoms with Crippen molar-refractivity contribution in [2.24, 2.45) is 0 Å². The second kappa shape index (κ2) is 11.3. The molecule has 4 N–H and O–H groups in total. The fraction of sp³-hybridized carbons (Fsp3) is 0.370. The van der Waals surface area contributed by atoms with E-state index in [1.807, 2.05) is 0 Å². The SMILES string of the molecule is CC(C)(C)OC(=O)NC1(c2ncc(-c3cc(NCc4c(Br)cccc4OC(F)F)c(N)cc3F)cn2)CCC1. The van der Waals surface area contributed by atoms with Crippen molar-refractivity contribution >= 4 is 33.4 Å². The van der Waals surface area contributed by atoms with Crippen LogP contribution in [0.25, 0.3) is 11.1 Å². The molecular weight excluding hydrogens is 579 g/mol. The van der Waals surface area contributed by atoms with Crippen molar-refractivity contribution in [1.82, 2.24) is 15.3 Å². The number of alkyl halides is 2. The largest absolute Gasteiger partial charge is 0.444 e. The quantitative estimate of drug-likeness (QED) is 0.243. The van der Waals surface area contributed by atoms with Crippen molar-refractivity contribution in [3.63, 3.8) is 0 Å². The Morgan fingerprint density at radius 3 is 2.49 bits per heavy atom. The van der Waals surface area contributed by atoms with Gasteiger partial charge in [-0.05, 0) is 64.3 Å². The number of nitrogen functional groups attached to an aromatic ring is 1. The summed E-state index contributed by atoms with van der Waals surface area (Å²) in [6.07, 6.45) is 4.62. The molecule has 4 rings (SSSR count). The number of carbonyl (C=O) groups excluding carboxylic acids is 1. The van der Waals surface area contributed by atoms with Crippen LogP contribution in [0.1, 0.15) is 51.4 Å². The van der Waals surface area contributed by atoms with E-state index in [4.69, 9.17) is 10.5 Å². The first kappa shape index (κ1) is 28.5. The molecule has 39 heavy (non-hydrogen) atoms. The molecule has 3 aromatic rings. The Hall–Kier alpha value is -3.54. The first-order chi connectivity index (χ1) is 18.4. The average Bonchev–Trinajstić information content (AvgIpc) is 2.81. The molecule has 0 bridgehead atoms. The van der Waals surface area contributed by atoms with E-state index in [9.17, 15) is 18.0 Å². The Kier molecular flexibility index (Phi) is 8.24. The lowest BCUT2D eigenvalue weighted by Gasteiger charge is -2.41. The lowest BCUT2D eigenvalue weighted by Crippen LogP contribution is -2.53. The zero-order valence-electron chi connectivity index (χ0n) is 21.7. The number of ether oxygens (including phenoxy) is 2. The first-order valence-electron chi connectivity index (χ1n) is 12.3. The van der Waals surface area contributed by atoms with Gasteiger partial charge in [-0.25, -0.2) is 19.2 Å². The van der Waals surface area contributed by atoms with Crippen LogP contribution in [0.3, 0.4) is 0 Å². The van der Waals surface area contributed by atoms with E-state index in [-0.39, 0.29) is 23.5 Å². The van der Waals surface area contributed by atoms with Gasteiger partial charge in [-0.1, -0.05) is 22.0 Å². The number of nitrogens with two attached hydrogens (primary N) is 1. The molecule has 8 nitrogen and oxygen atoms in total. The molecule has 1 fully saturated rings. The van der Waals surface area contributed by atoms with E-state index >= 15 is 0 Å². The predicted molar refractivity (Wildman–Crippen MR) is 145 cm³/mol. The van der Waals surface area contributed by atoms with Gasteiger partial charge in [0.15, 0.2) is 5.82 Å². The molecule has 208 valence electrons. The van der Waals surface area contributed by atoms with E-state index in [2.05, 4.69) is 41.3 Å². The van der Waals surface area contributed by atoms with E-state index in [0.29, 0.717) is 40.0 Å². The fourth-order valence-electron chi connectivity index (χ4n) is 4.21. The summed E-state index contributed by atoms with van der Waals surface area (Å²) in [5.41, 5.74) is 6.20. The molecule has 1 aliphatic carbocycles. The topological polar surface area (TPSA) is 111 Å². The van der Waals surface area contributed by atoms with Crippen LogP contribution in [0.15, 0.2) is 47.2 Å². The Morgan fingerprint density at radius 2 is 1.90 bits per heavy atom. The molecule has 12 heteroatoms. The minimum atomic E-state index is -2.98. The molecule has 1 heterocycles. The second-order valence-electron chi connectivity index (χ2n) is 10.2. The molecule has 0 atom stereocenters. The molecule has 0 radical (unpaired) electrons. The van der Waals surface area contributed by atoms with Crippen molar-refractivity contribution in [1.29, 1.82) is 0 Å². The number of amides is 1. The number of aromatic nitrogens is 2. The number of hydrogen-bond acceptors (Lipinski definition) is 7. The summed E-state index contributed by atoms with van der Waals surface area (Å²) in [6, 6.07) is 7.38. The molecule has 0 spiro atoms. The summed E-state index contributed by atoms with van der Waals surface area (Å²) in [4.78, 5) is 21.3. The third kappa shape index (κ3) is 6.73. The highest BCUT2D eigenvalue weighted by Gasteiger charge is 2.43. The van der Waals surface area contributed by atoms with Crippen molar-refractivity contribution in [2.45, 2.75) is 64.3 Å². The molecule has 1 amide bonds. The Morgan fingerprint density at radius 1 is 1.21 bits per heavy atom. The molecule has 1 aromatic heterocycles. The summed E-state index contributed by atoms with van der Waals surface area (Å²) >= 11 is 3.35. The minimum absolute atomic E-state index is 0.00156. The fourth-order valence-corrected chi connectivity index (χ4v) is 4.70. The Balaban J connectivity index is 1.55. The number of halogens is 4. The first-order valence-corrected chi connectivity index (χ1v) is 13.1. The van der Waals surface area contributed by atoms with Crippen LogP contribution in [0.4, 0.5) is 29.3 Å². The van der Waals surface area contributed by atoms with Gasteiger partial charge >= 0.3 is 12.7 Å². The number of alkyl carbamates (subject to hydrolysis) is 1. The maximum Gasteiger partial charge on any atom is 0.408 e. The van der Waals surface area contributed by atoms with Crippen LogP contribution >= 0.6 is 15.9 Å². The van der Waals surface area contributed by atoms with E-state index in [1.165, 1.54) is 30.6 Å². The molecule has 0 aliphatic heterocycles. The average molecular weight is 608 g/mol. The van der Waals surface area contributed by atoms with Crippen LogP contribution in [-0.2, 0) is 16.8 Å². The van der Waals surface area contributed by atoms with Gasteiger partial charge in [0, 0.05) is 40.1 Å².